The molecule has 0 atom stereocenters. The molecular formula is C19H14Br2N2O5. The summed E-state index contributed by atoms with van der Waals surface area (Å²) in [6.07, 6.45) is 1.48. The number of rotatable bonds is 6. The third-order valence-corrected chi connectivity index (χ3v) is 4.65. The summed E-state index contributed by atoms with van der Waals surface area (Å²) in [4.78, 5) is 23.3. The minimum absolute atomic E-state index is 0.150. The van der Waals surface area contributed by atoms with Crippen molar-refractivity contribution in [2.75, 3.05) is 13.7 Å². The summed E-state index contributed by atoms with van der Waals surface area (Å²) in [7, 11) is 1.29. The summed E-state index contributed by atoms with van der Waals surface area (Å²) >= 11 is 6.80. The highest BCUT2D eigenvalue weighted by atomic mass is 79.9. The predicted molar refractivity (Wildman–Crippen MR) is 111 cm³/mol. The van der Waals surface area contributed by atoms with Gasteiger partial charge in [0.15, 0.2) is 12.4 Å². The third kappa shape index (κ3) is 4.99. The molecule has 9 heteroatoms. The number of halogens is 2. The lowest BCUT2D eigenvalue weighted by molar-refractivity contribution is -0.142. The van der Waals surface area contributed by atoms with Gasteiger partial charge in [-0.15, -0.1) is 0 Å². The Morgan fingerprint density at radius 2 is 1.93 bits per heavy atom. The first kappa shape index (κ1) is 20.1. The summed E-state index contributed by atoms with van der Waals surface area (Å²) in [5.74, 6) is -0.255. The van der Waals surface area contributed by atoms with Gasteiger partial charge in [-0.2, -0.15) is 5.10 Å². The van der Waals surface area contributed by atoms with Gasteiger partial charge in [-0.1, -0.05) is 15.9 Å². The van der Waals surface area contributed by atoms with Gasteiger partial charge in [0.05, 0.1) is 17.8 Å². The zero-order chi connectivity index (χ0) is 20.1. The number of amides is 1. The van der Waals surface area contributed by atoms with Gasteiger partial charge in [0, 0.05) is 9.86 Å². The van der Waals surface area contributed by atoms with Crippen LogP contribution in [-0.2, 0) is 9.53 Å². The number of hydrazone groups is 1. The van der Waals surface area contributed by atoms with Crippen LogP contribution in [0, 0.1) is 0 Å². The average Bonchev–Trinajstić information content (AvgIpc) is 3.11. The fourth-order valence-corrected chi connectivity index (χ4v) is 3.60. The maximum Gasteiger partial charge on any atom is 0.343 e. The first-order chi connectivity index (χ1) is 13.5. The standard InChI is InChI=1S/C19H14Br2N2O5/c1-26-17(24)10-27-14-4-2-11(3-5-14)9-22-23-19(25)16-7-12-6-13(20)8-15(21)18(12)28-16/h2-9H,10H2,1H3,(H,23,25)/b22-9-. The van der Waals surface area contributed by atoms with Crippen LogP contribution in [0.3, 0.4) is 0 Å². The summed E-state index contributed by atoms with van der Waals surface area (Å²) in [6, 6.07) is 12.2. The molecule has 1 aromatic heterocycles. The number of hydrogen-bond donors (Lipinski definition) is 1. The number of furan rings is 1. The molecule has 1 amide bonds. The third-order valence-electron chi connectivity index (χ3n) is 3.60. The molecule has 0 aliphatic carbocycles. The molecule has 1 heterocycles. The first-order valence-corrected chi connectivity index (χ1v) is 9.56. The lowest BCUT2D eigenvalue weighted by atomic mass is 10.2. The second kappa shape index (κ2) is 9.03. The highest BCUT2D eigenvalue weighted by Gasteiger charge is 2.14. The number of benzene rings is 2. The molecule has 0 saturated carbocycles. The van der Waals surface area contributed by atoms with Crippen LogP contribution in [0.25, 0.3) is 11.0 Å². The van der Waals surface area contributed by atoms with Gasteiger partial charge >= 0.3 is 11.9 Å². The summed E-state index contributed by atoms with van der Waals surface area (Å²) < 4.78 is 17.0. The maximum atomic E-state index is 12.2. The number of fused-ring (bicyclic) bond motifs is 1. The molecule has 3 aromatic rings. The Kier molecular flexibility index (Phi) is 6.48. The van der Waals surface area contributed by atoms with Crippen LogP contribution in [-0.4, -0.2) is 31.8 Å². The van der Waals surface area contributed by atoms with Crippen molar-refractivity contribution in [3.63, 3.8) is 0 Å². The van der Waals surface area contributed by atoms with E-state index in [0.29, 0.717) is 11.3 Å². The first-order valence-electron chi connectivity index (χ1n) is 7.98. The van der Waals surface area contributed by atoms with Crippen LogP contribution < -0.4 is 10.2 Å². The molecule has 144 valence electrons. The number of hydrogen-bond acceptors (Lipinski definition) is 6. The fourth-order valence-electron chi connectivity index (χ4n) is 2.26. The van der Waals surface area contributed by atoms with Crippen LogP contribution >= 0.6 is 31.9 Å². The van der Waals surface area contributed by atoms with E-state index in [2.05, 4.69) is 47.1 Å². The maximum absolute atomic E-state index is 12.2. The minimum Gasteiger partial charge on any atom is -0.482 e. The SMILES string of the molecule is COC(=O)COc1ccc(/C=N\NC(=O)c2cc3cc(Br)cc(Br)c3o2)cc1. The number of carbonyl (C=O) groups excluding carboxylic acids is 2. The molecule has 2 aromatic carbocycles. The van der Waals surface area contributed by atoms with Crippen molar-refractivity contribution < 1.29 is 23.5 Å². The molecule has 0 aliphatic heterocycles. The number of nitrogens with zero attached hydrogens (tertiary/aromatic N) is 1. The monoisotopic (exact) mass is 508 g/mol. The van der Waals surface area contributed by atoms with Crippen molar-refractivity contribution in [2.24, 2.45) is 5.10 Å². The van der Waals surface area contributed by atoms with E-state index in [1.165, 1.54) is 13.3 Å². The summed E-state index contributed by atoms with van der Waals surface area (Å²) in [5.41, 5.74) is 3.74. The summed E-state index contributed by atoms with van der Waals surface area (Å²) in [6.45, 7) is -0.163. The molecule has 0 aliphatic rings. The molecule has 0 spiro atoms. The van der Waals surface area contributed by atoms with E-state index in [1.807, 2.05) is 12.1 Å². The van der Waals surface area contributed by atoms with Gasteiger partial charge in [-0.3, -0.25) is 4.79 Å². The number of carbonyl (C=O) groups is 2. The van der Waals surface area contributed by atoms with E-state index in [4.69, 9.17) is 9.15 Å². The quantitative estimate of drug-likeness (QED) is 0.304. The van der Waals surface area contributed by atoms with Gasteiger partial charge in [0.2, 0.25) is 0 Å². The number of ether oxygens (including phenoxy) is 2. The molecule has 0 unspecified atom stereocenters. The number of methoxy groups -OCH3 is 1. The highest BCUT2D eigenvalue weighted by molar-refractivity contribution is 9.11. The van der Waals surface area contributed by atoms with Crippen LogP contribution in [0.5, 0.6) is 5.75 Å². The van der Waals surface area contributed by atoms with Gasteiger partial charge in [0.25, 0.3) is 0 Å². The molecule has 0 radical (unpaired) electrons. The second-order valence-electron chi connectivity index (χ2n) is 5.55. The Balaban J connectivity index is 1.60. The highest BCUT2D eigenvalue weighted by Crippen LogP contribution is 2.30. The zero-order valence-corrected chi connectivity index (χ0v) is 17.7. The Hall–Kier alpha value is -2.65. The lowest BCUT2D eigenvalue weighted by Crippen LogP contribution is -2.16. The van der Waals surface area contributed by atoms with Crippen molar-refractivity contribution in [3.05, 3.63) is 62.7 Å². The van der Waals surface area contributed by atoms with Crippen molar-refractivity contribution in [3.8, 4) is 5.75 Å². The minimum atomic E-state index is -0.464. The second-order valence-corrected chi connectivity index (χ2v) is 7.32. The van der Waals surface area contributed by atoms with E-state index in [0.717, 1.165) is 19.9 Å². The van der Waals surface area contributed by atoms with Gasteiger partial charge in [-0.25, -0.2) is 10.2 Å². The molecule has 3 rings (SSSR count). The van der Waals surface area contributed by atoms with Crippen molar-refractivity contribution >= 4 is 60.9 Å². The van der Waals surface area contributed by atoms with E-state index < -0.39 is 11.9 Å². The van der Waals surface area contributed by atoms with Gasteiger partial charge < -0.3 is 13.9 Å². The molecular weight excluding hydrogens is 496 g/mol. The van der Waals surface area contributed by atoms with E-state index in [-0.39, 0.29) is 12.4 Å². The van der Waals surface area contributed by atoms with Crippen LogP contribution in [0.4, 0.5) is 0 Å². The Morgan fingerprint density at radius 3 is 2.64 bits per heavy atom. The molecule has 0 bridgehead atoms. The molecule has 0 saturated heterocycles. The van der Waals surface area contributed by atoms with Crippen molar-refractivity contribution in [1.29, 1.82) is 0 Å². The Morgan fingerprint density at radius 1 is 1.18 bits per heavy atom. The molecule has 0 fully saturated rings. The fraction of sp³-hybridized carbons (Fsp3) is 0.105. The smallest absolute Gasteiger partial charge is 0.343 e. The summed E-state index contributed by atoms with van der Waals surface area (Å²) in [5, 5.41) is 4.71. The molecule has 1 N–H and O–H groups in total. The molecule has 7 nitrogen and oxygen atoms in total. The molecule has 28 heavy (non-hydrogen) atoms. The van der Waals surface area contributed by atoms with Crippen LogP contribution in [0.2, 0.25) is 0 Å². The van der Waals surface area contributed by atoms with Gasteiger partial charge in [0.1, 0.15) is 11.3 Å². The van der Waals surface area contributed by atoms with E-state index >= 15 is 0 Å². The predicted octanol–water partition coefficient (Wildman–Crippen LogP) is 4.27. The zero-order valence-electron chi connectivity index (χ0n) is 14.6. The van der Waals surface area contributed by atoms with E-state index in [9.17, 15) is 9.59 Å². The van der Waals surface area contributed by atoms with Crippen molar-refractivity contribution in [1.82, 2.24) is 5.43 Å². The number of nitrogens with one attached hydrogen (secondary N) is 1. The Bertz CT molecular complexity index is 1040. The average molecular weight is 510 g/mol. The van der Waals surface area contributed by atoms with Crippen LogP contribution in [0.15, 0.2) is 60.9 Å². The normalized spacial score (nSPS) is 11.0. The van der Waals surface area contributed by atoms with Crippen molar-refractivity contribution in [2.45, 2.75) is 0 Å². The van der Waals surface area contributed by atoms with Gasteiger partial charge in [-0.05, 0) is 64.0 Å². The topological polar surface area (TPSA) is 90.1 Å². The van der Waals surface area contributed by atoms with E-state index in [1.54, 1.807) is 30.3 Å². The van der Waals surface area contributed by atoms with Crippen LogP contribution in [0.1, 0.15) is 16.1 Å². The lowest BCUT2D eigenvalue weighted by Gasteiger charge is -2.04. The number of esters is 1. The Labute approximate surface area is 176 Å². The largest absolute Gasteiger partial charge is 0.482 e.